The van der Waals surface area contributed by atoms with E-state index < -0.39 is 18.1 Å². The lowest BCUT2D eigenvalue weighted by Gasteiger charge is -1.96. The highest BCUT2D eigenvalue weighted by molar-refractivity contribution is 7.80. The Morgan fingerprint density at radius 1 is 1.38 bits per heavy atom. The number of aliphatic hydroxyl groups is 3. The van der Waals surface area contributed by atoms with Crippen LogP contribution in [0.4, 0.5) is 0 Å². The molecule has 0 fully saturated rings. The number of aliphatic hydroxyl groups excluding tert-OH is 3. The Bertz CT molecular complexity index is 130. The van der Waals surface area contributed by atoms with Gasteiger partial charge in [0.2, 0.25) is 0 Å². The summed E-state index contributed by atoms with van der Waals surface area (Å²) in [5.41, 5.74) is 4.94. The summed E-state index contributed by atoms with van der Waals surface area (Å²) in [5, 5.41) is 32.0. The molecule has 0 aliphatic carbocycles. The number of carboxylic acid groups (broad SMARTS) is 1. The van der Waals surface area contributed by atoms with Crippen LogP contribution in [-0.4, -0.2) is 57.5 Å². The molecule has 6 N–H and O–H groups in total. The molecule has 0 aliphatic rings. The molecule has 0 rings (SSSR count). The molecule has 1 atom stereocenters. The summed E-state index contributed by atoms with van der Waals surface area (Å²) in [5.74, 6) is -0.815. The molecule has 0 aromatic carbocycles. The van der Waals surface area contributed by atoms with Crippen molar-refractivity contribution < 1.29 is 25.2 Å². The van der Waals surface area contributed by atoms with E-state index in [0.717, 1.165) is 0 Å². The van der Waals surface area contributed by atoms with Gasteiger partial charge in [-0.15, -0.1) is 0 Å². The van der Waals surface area contributed by atoms with Gasteiger partial charge in [-0.1, -0.05) is 0 Å². The van der Waals surface area contributed by atoms with Gasteiger partial charge in [-0.05, 0) is 0 Å². The van der Waals surface area contributed by atoms with Crippen molar-refractivity contribution in [3.63, 3.8) is 0 Å². The van der Waals surface area contributed by atoms with Gasteiger partial charge in [-0.25, -0.2) is 0 Å². The van der Waals surface area contributed by atoms with Crippen molar-refractivity contribution in [2.24, 2.45) is 5.73 Å². The van der Waals surface area contributed by atoms with Crippen molar-refractivity contribution in [2.45, 2.75) is 12.1 Å². The fourth-order valence-electron chi connectivity index (χ4n) is 0.136. The zero-order chi connectivity index (χ0) is 10.9. The number of hydrogen-bond acceptors (Lipinski definition) is 6. The lowest BCUT2D eigenvalue weighted by molar-refractivity contribution is -0.137. The first-order valence-electron chi connectivity index (χ1n) is 3.48. The second-order valence-corrected chi connectivity index (χ2v) is 2.51. The number of thiol groups is 1. The molecule has 0 saturated heterocycles. The number of hydrogen-bond donors (Lipinski definition) is 6. The van der Waals surface area contributed by atoms with Crippen molar-refractivity contribution in [1.82, 2.24) is 0 Å². The van der Waals surface area contributed by atoms with Gasteiger partial charge in [0.1, 0.15) is 12.1 Å². The van der Waals surface area contributed by atoms with Crippen LogP contribution in [0, 0.1) is 0 Å². The number of nitrogens with two attached hydrogens (primary N) is 1. The highest BCUT2D eigenvalue weighted by Crippen LogP contribution is 1.80. The molecule has 0 aromatic heterocycles. The molecule has 0 radical (unpaired) electrons. The van der Waals surface area contributed by atoms with Crippen LogP contribution in [0.3, 0.4) is 0 Å². The molecule has 0 saturated carbocycles. The Labute approximate surface area is 81.4 Å². The molecule has 0 spiro atoms. The Hall–Kier alpha value is -0.340. The van der Waals surface area contributed by atoms with Crippen LogP contribution in [0.2, 0.25) is 0 Å². The molecule has 0 heterocycles. The van der Waals surface area contributed by atoms with E-state index in [2.05, 4.69) is 12.6 Å². The minimum absolute atomic E-state index is 0.190. The van der Waals surface area contributed by atoms with Gasteiger partial charge in [0, 0.05) is 5.75 Å². The van der Waals surface area contributed by atoms with Crippen molar-refractivity contribution >= 4 is 18.6 Å². The Morgan fingerprint density at radius 2 is 1.77 bits per heavy atom. The van der Waals surface area contributed by atoms with Gasteiger partial charge in [0.15, 0.2) is 0 Å². The minimum Gasteiger partial charge on any atom is -0.480 e. The van der Waals surface area contributed by atoms with E-state index in [4.69, 9.17) is 26.2 Å². The predicted molar refractivity (Wildman–Crippen MR) is 49.6 cm³/mol. The van der Waals surface area contributed by atoms with Crippen LogP contribution in [0.15, 0.2) is 0 Å². The lowest BCUT2D eigenvalue weighted by Crippen LogP contribution is -2.31. The Morgan fingerprint density at radius 3 is 1.77 bits per heavy atom. The summed E-state index contributed by atoms with van der Waals surface area (Å²) < 4.78 is 0. The lowest BCUT2D eigenvalue weighted by atomic mass is 10.4. The molecule has 80 valence electrons. The fraction of sp³-hybridized carbons (Fsp3) is 0.833. The number of aliphatic carboxylic acids is 1. The summed E-state index contributed by atoms with van der Waals surface area (Å²) in [6.45, 7) is -0.729. The standard InChI is InChI=1S/C3H7NO2S.C3H8O3/c4-2(1-7)3(5)6;4-1-3(6)2-5/h2,7H,1,4H2,(H,5,6);3-6H,1-2H2. The summed E-state index contributed by atoms with van der Waals surface area (Å²) in [4.78, 5) is 9.76. The van der Waals surface area contributed by atoms with E-state index in [1.165, 1.54) is 0 Å². The molecule has 13 heavy (non-hydrogen) atoms. The van der Waals surface area contributed by atoms with Gasteiger partial charge in [-0.3, -0.25) is 4.79 Å². The van der Waals surface area contributed by atoms with Gasteiger partial charge in [-0.2, -0.15) is 12.6 Å². The second kappa shape index (κ2) is 9.75. The summed E-state index contributed by atoms with van der Waals surface area (Å²) >= 11 is 3.65. The third kappa shape index (κ3) is 11.7. The summed E-state index contributed by atoms with van der Waals surface area (Å²) in [6.07, 6.45) is -0.954. The molecule has 0 aliphatic heterocycles. The normalized spacial score (nSPS) is 11.8. The van der Waals surface area contributed by atoms with E-state index >= 15 is 0 Å². The highest BCUT2D eigenvalue weighted by Gasteiger charge is 2.06. The van der Waals surface area contributed by atoms with Crippen molar-refractivity contribution in [3.05, 3.63) is 0 Å². The molecule has 0 aromatic rings. The van der Waals surface area contributed by atoms with Crippen molar-refractivity contribution in [1.29, 1.82) is 0 Å². The van der Waals surface area contributed by atoms with Crippen LogP contribution in [0.1, 0.15) is 0 Å². The monoisotopic (exact) mass is 213 g/mol. The van der Waals surface area contributed by atoms with Gasteiger partial charge in [0.25, 0.3) is 0 Å². The van der Waals surface area contributed by atoms with Crippen LogP contribution in [0.25, 0.3) is 0 Å². The number of carbonyl (C=O) groups is 1. The average Bonchev–Trinajstić information content (AvgIpc) is 2.16. The van der Waals surface area contributed by atoms with Crippen LogP contribution < -0.4 is 5.73 Å². The fourth-order valence-corrected chi connectivity index (χ4v) is 0.292. The number of carboxylic acids is 1. The predicted octanol–water partition coefficient (Wildman–Crippen LogP) is -2.34. The molecule has 0 bridgehead atoms. The second-order valence-electron chi connectivity index (χ2n) is 2.15. The van der Waals surface area contributed by atoms with Crippen molar-refractivity contribution in [2.75, 3.05) is 19.0 Å². The SMILES string of the molecule is NC(CS)C(=O)O.OCC(O)CO. The van der Waals surface area contributed by atoms with Crippen LogP contribution >= 0.6 is 12.6 Å². The molecular weight excluding hydrogens is 198 g/mol. The Balaban J connectivity index is 0. The maximum absolute atomic E-state index is 9.76. The topological polar surface area (TPSA) is 124 Å². The van der Waals surface area contributed by atoms with Gasteiger partial charge in [0.05, 0.1) is 13.2 Å². The molecule has 7 heteroatoms. The van der Waals surface area contributed by atoms with E-state index in [0.29, 0.717) is 0 Å². The highest BCUT2D eigenvalue weighted by atomic mass is 32.1. The maximum atomic E-state index is 9.76. The summed E-state index contributed by atoms with van der Waals surface area (Å²) in [7, 11) is 0. The first-order chi connectivity index (χ1) is 5.99. The first kappa shape index (κ1) is 15.1. The van der Waals surface area contributed by atoms with E-state index in [-0.39, 0.29) is 19.0 Å². The minimum atomic E-state index is -1.00. The van der Waals surface area contributed by atoms with E-state index in [1.807, 2.05) is 0 Å². The maximum Gasteiger partial charge on any atom is 0.321 e. The molecule has 6 nitrogen and oxygen atoms in total. The zero-order valence-corrected chi connectivity index (χ0v) is 7.89. The molecule has 1 unspecified atom stereocenters. The van der Waals surface area contributed by atoms with Gasteiger partial charge < -0.3 is 26.2 Å². The third-order valence-corrected chi connectivity index (χ3v) is 1.33. The molecular formula is C6H15NO5S. The van der Waals surface area contributed by atoms with E-state index in [9.17, 15) is 4.79 Å². The van der Waals surface area contributed by atoms with Crippen LogP contribution in [-0.2, 0) is 4.79 Å². The largest absolute Gasteiger partial charge is 0.480 e. The smallest absolute Gasteiger partial charge is 0.321 e. The molecule has 0 amide bonds. The van der Waals surface area contributed by atoms with E-state index in [1.54, 1.807) is 0 Å². The van der Waals surface area contributed by atoms with Crippen LogP contribution in [0.5, 0.6) is 0 Å². The van der Waals surface area contributed by atoms with Gasteiger partial charge >= 0.3 is 5.97 Å². The summed E-state index contributed by atoms with van der Waals surface area (Å²) in [6, 6.07) is -0.816. The Kier molecular flexibility index (Phi) is 11.4. The first-order valence-corrected chi connectivity index (χ1v) is 4.11. The quantitative estimate of drug-likeness (QED) is 0.291. The number of rotatable bonds is 4. The average molecular weight is 213 g/mol. The van der Waals surface area contributed by atoms with Crippen molar-refractivity contribution in [3.8, 4) is 0 Å². The zero-order valence-electron chi connectivity index (χ0n) is 7.00. The third-order valence-electron chi connectivity index (χ3n) is 0.935.